The zero-order valence-electron chi connectivity index (χ0n) is 14.0. The predicted molar refractivity (Wildman–Crippen MR) is 96.7 cm³/mol. The zero-order valence-corrected chi connectivity index (χ0v) is 14.0. The first-order valence-electron chi connectivity index (χ1n) is 7.94. The van der Waals surface area contributed by atoms with E-state index in [1.165, 1.54) is 24.3 Å². The Balaban J connectivity index is 1.69. The standard InChI is InChI=1S/C19H15F3N4O/c20-12-6-4-11(5-7-12)10-24-16-9-8-15(18(23)26-16)25-19(27)17-13(21)2-1-3-14(17)22/h1-9H,10H2,(H,25,27)(H3,23,24,26). The number of nitrogens with one attached hydrogen (secondary N) is 2. The second-order valence-corrected chi connectivity index (χ2v) is 5.66. The minimum atomic E-state index is -0.975. The molecule has 3 rings (SSSR count). The largest absolute Gasteiger partial charge is 0.382 e. The maximum Gasteiger partial charge on any atom is 0.261 e. The molecule has 4 N–H and O–H groups in total. The third-order valence-electron chi connectivity index (χ3n) is 3.75. The Morgan fingerprint density at radius 2 is 1.63 bits per heavy atom. The molecular formula is C19H15F3N4O. The molecule has 0 aliphatic carbocycles. The molecule has 0 spiro atoms. The second kappa shape index (κ2) is 7.77. The van der Waals surface area contributed by atoms with Crippen LogP contribution in [0.3, 0.4) is 0 Å². The molecule has 0 saturated heterocycles. The highest BCUT2D eigenvalue weighted by atomic mass is 19.1. The molecule has 5 nitrogen and oxygen atoms in total. The van der Waals surface area contributed by atoms with Crippen molar-refractivity contribution in [3.05, 3.63) is 83.2 Å². The number of nitrogen functional groups attached to an aromatic ring is 1. The van der Waals surface area contributed by atoms with Gasteiger partial charge in [0, 0.05) is 6.54 Å². The van der Waals surface area contributed by atoms with Crippen LogP contribution in [0.2, 0.25) is 0 Å². The topological polar surface area (TPSA) is 80.0 Å². The van der Waals surface area contributed by atoms with Crippen LogP contribution in [0.25, 0.3) is 0 Å². The number of rotatable bonds is 5. The number of hydrogen-bond donors (Lipinski definition) is 3. The highest BCUT2D eigenvalue weighted by molar-refractivity contribution is 6.05. The van der Waals surface area contributed by atoms with Gasteiger partial charge in [-0.25, -0.2) is 18.2 Å². The minimum absolute atomic E-state index is 0.0239. The van der Waals surface area contributed by atoms with Gasteiger partial charge < -0.3 is 16.4 Å². The highest BCUT2D eigenvalue weighted by Gasteiger charge is 2.18. The van der Waals surface area contributed by atoms with E-state index < -0.39 is 23.1 Å². The highest BCUT2D eigenvalue weighted by Crippen LogP contribution is 2.21. The Kier molecular flexibility index (Phi) is 5.25. The van der Waals surface area contributed by atoms with Gasteiger partial charge in [0.05, 0.1) is 5.69 Å². The summed E-state index contributed by atoms with van der Waals surface area (Å²) in [5.41, 5.74) is 6.07. The van der Waals surface area contributed by atoms with E-state index in [2.05, 4.69) is 15.6 Å². The number of hydrogen-bond acceptors (Lipinski definition) is 4. The van der Waals surface area contributed by atoms with Gasteiger partial charge in [0.2, 0.25) is 0 Å². The smallest absolute Gasteiger partial charge is 0.261 e. The fourth-order valence-electron chi connectivity index (χ4n) is 2.37. The molecule has 1 amide bonds. The number of amides is 1. The van der Waals surface area contributed by atoms with Gasteiger partial charge in [-0.05, 0) is 42.0 Å². The lowest BCUT2D eigenvalue weighted by molar-refractivity contribution is 0.101. The molecule has 27 heavy (non-hydrogen) atoms. The molecule has 0 radical (unpaired) electrons. The van der Waals surface area contributed by atoms with Gasteiger partial charge in [0.15, 0.2) is 0 Å². The quantitative estimate of drug-likeness (QED) is 0.634. The van der Waals surface area contributed by atoms with E-state index in [0.717, 1.165) is 17.7 Å². The summed E-state index contributed by atoms with van der Waals surface area (Å²) in [5.74, 6) is -2.84. The average Bonchev–Trinajstić information content (AvgIpc) is 2.63. The van der Waals surface area contributed by atoms with Crippen molar-refractivity contribution in [1.29, 1.82) is 0 Å². The number of halogens is 3. The molecule has 0 saturated carbocycles. The summed E-state index contributed by atoms with van der Waals surface area (Å²) < 4.78 is 40.2. The average molecular weight is 372 g/mol. The summed E-state index contributed by atoms with van der Waals surface area (Å²) in [7, 11) is 0. The summed E-state index contributed by atoms with van der Waals surface area (Å²) >= 11 is 0. The van der Waals surface area contributed by atoms with Gasteiger partial charge in [0.25, 0.3) is 5.91 Å². The number of nitrogens with zero attached hydrogens (tertiary/aromatic N) is 1. The second-order valence-electron chi connectivity index (χ2n) is 5.66. The van der Waals surface area contributed by atoms with Gasteiger partial charge in [0.1, 0.15) is 34.7 Å². The van der Waals surface area contributed by atoms with Gasteiger partial charge >= 0.3 is 0 Å². The monoisotopic (exact) mass is 372 g/mol. The summed E-state index contributed by atoms with van der Waals surface area (Å²) in [4.78, 5) is 16.2. The Hall–Kier alpha value is -3.55. The van der Waals surface area contributed by atoms with E-state index in [1.54, 1.807) is 18.2 Å². The van der Waals surface area contributed by atoms with E-state index in [4.69, 9.17) is 5.73 Å². The lowest BCUT2D eigenvalue weighted by atomic mass is 10.2. The van der Waals surface area contributed by atoms with Crippen LogP contribution >= 0.6 is 0 Å². The summed E-state index contributed by atoms with van der Waals surface area (Å²) in [6, 6.07) is 12.1. The van der Waals surface area contributed by atoms with Crippen molar-refractivity contribution in [3.63, 3.8) is 0 Å². The fourth-order valence-corrected chi connectivity index (χ4v) is 2.37. The van der Waals surface area contributed by atoms with Crippen LogP contribution in [0, 0.1) is 17.5 Å². The van der Waals surface area contributed by atoms with Crippen LogP contribution < -0.4 is 16.4 Å². The van der Waals surface area contributed by atoms with Gasteiger partial charge in [-0.2, -0.15) is 0 Å². The molecule has 0 aliphatic rings. The number of nitrogens with two attached hydrogens (primary N) is 1. The van der Waals surface area contributed by atoms with E-state index in [9.17, 15) is 18.0 Å². The van der Waals surface area contributed by atoms with Crippen LogP contribution in [-0.4, -0.2) is 10.9 Å². The molecule has 0 atom stereocenters. The van der Waals surface area contributed by atoms with E-state index in [-0.39, 0.29) is 17.3 Å². The van der Waals surface area contributed by atoms with Crippen LogP contribution in [0.4, 0.5) is 30.5 Å². The van der Waals surface area contributed by atoms with Crippen LogP contribution in [0.15, 0.2) is 54.6 Å². The molecule has 0 aliphatic heterocycles. The fraction of sp³-hybridized carbons (Fsp3) is 0.0526. The Labute approximate surface area is 153 Å². The molecule has 0 fully saturated rings. The molecule has 1 heterocycles. The van der Waals surface area contributed by atoms with Crippen LogP contribution in [0.5, 0.6) is 0 Å². The van der Waals surface area contributed by atoms with E-state index >= 15 is 0 Å². The predicted octanol–water partition coefficient (Wildman–Crippen LogP) is 3.95. The third kappa shape index (κ3) is 4.35. The van der Waals surface area contributed by atoms with Crippen LogP contribution in [-0.2, 0) is 6.54 Å². The van der Waals surface area contributed by atoms with Gasteiger partial charge in [-0.1, -0.05) is 18.2 Å². The number of benzene rings is 2. The Bertz CT molecular complexity index is 957. The molecule has 3 aromatic rings. The first-order chi connectivity index (χ1) is 12.9. The lowest BCUT2D eigenvalue weighted by Crippen LogP contribution is -2.17. The molecule has 0 unspecified atom stereocenters. The Morgan fingerprint density at radius 1 is 0.963 bits per heavy atom. The molecular weight excluding hydrogens is 357 g/mol. The molecule has 0 bridgehead atoms. The van der Waals surface area contributed by atoms with E-state index in [1.807, 2.05) is 0 Å². The van der Waals surface area contributed by atoms with Crippen molar-refractivity contribution in [1.82, 2.24) is 4.98 Å². The third-order valence-corrected chi connectivity index (χ3v) is 3.75. The summed E-state index contributed by atoms with van der Waals surface area (Å²) in [6.07, 6.45) is 0. The van der Waals surface area contributed by atoms with Gasteiger partial charge in [-0.3, -0.25) is 4.79 Å². The number of pyridine rings is 1. The van der Waals surface area contributed by atoms with E-state index in [0.29, 0.717) is 12.4 Å². The summed E-state index contributed by atoms with van der Waals surface area (Å²) in [5, 5.41) is 5.34. The number of anilines is 3. The van der Waals surface area contributed by atoms with Crippen LogP contribution in [0.1, 0.15) is 15.9 Å². The van der Waals surface area contributed by atoms with Crippen molar-refractivity contribution >= 4 is 23.2 Å². The maximum atomic E-state index is 13.7. The Morgan fingerprint density at radius 3 is 2.26 bits per heavy atom. The van der Waals surface area contributed by atoms with Gasteiger partial charge in [-0.15, -0.1) is 0 Å². The summed E-state index contributed by atoms with van der Waals surface area (Å²) in [6.45, 7) is 0.388. The SMILES string of the molecule is Nc1nc(NCc2ccc(F)cc2)ccc1NC(=O)c1c(F)cccc1F. The molecule has 8 heteroatoms. The lowest BCUT2D eigenvalue weighted by Gasteiger charge is -2.11. The van der Waals surface area contributed by atoms with Crippen molar-refractivity contribution in [2.75, 3.05) is 16.4 Å². The first-order valence-corrected chi connectivity index (χ1v) is 7.94. The number of carbonyl (C=O) groups excluding carboxylic acids is 1. The molecule has 2 aromatic carbocycles. The number of aromatic nitrogens is 1. The van der Waals surface area contributed by atoms with Crippen molar-refractivity contribution in [2.24, 2.45) is 0 Å². The van der Waals surface area contributed by atoms with Crippen molar-refractivity contribution in [3.8, 4) is 0 Å². The number of carbonyl (C=O) groups is 1. The maximum absolute atomic E-state index is 13.7. The normalized spacial score (nSPS) is 10.5. The zero-order chi connectivity index (χ0) is 19.4. The molecule has 138 valence electrons. The molecule has 1 aromatic heterocycles. The first kappa shape index (κ1) is 18.2. The minimum Gasteiger partial charge on any atom is -0.382 e. The van der Waals surface area contributed by atoms with Crippen molar-refractivity contribution < 1.29 is 18.0 Å². The van der Waals surface area contributed by atoms with Crippen molar-refractivity contribution in [2.45, 2.75) is 6.54 Å².